The minimum Gasteiger partial charge on any atom is -0.462 e. The SMILES string of the molecule is CC/C=C\C/C=C\C/C=C\C/C=C\C/C=C\C/C=C\CCC(=O)OCC(COP(=O)(O)OCC(O)COP(=O)(O)OCC(COC(=O)CC/C=C\C/C=C\C/C=C\C/C=C\C/C=C\C/C=C\CC)OC(=O)CCC/C=C\C/C=C\C/C=C\C/C=C\C/C=C\CC)OC(=O)C/C=C\C/C=C\C/C=C\C/C=C\C/C=C\CC. The smallest absolute Gasteiger partial charge is 0.462 e. The number of esters is 4. The van der Waals surface area contributed by atoms with Crippen LogP contribution in [0.2, 0.25) is 0 Å². The lowest BCUT2D eigenvalue weighted by molar-refractivity contribution is -0.161. The average molecular weight is 1560 g/mol. The normalized spacial score (nSPS) is 15.2. The van der Waals surface area contributed by atoms with Crippen LogP contribution in [0.5, 0.6) is 0 Å². The second kappa shape index (κ2) is 79.4. The largest absolute Gasteiger partial charge is 0.472 e. The zero-order valence-corrected chi connectivity index (χ0v) is 68.3. The molecule has 0 amide bonds. The lowest BCUT2D eigenvalue weighted by Gasteiger charge is -2.21. The van der Waals surface area contributed by atoms with Gasteiger partial charge >= 0.3 is 39.5 Å². The van der Waals surface area contributed by atoms with E-state index in [1.807, 2.05) is 60.8 Å². The van der Waals surface area contributed by atoms with Gasteiger partial charge in [0.2, 0.25) is 0 Å². The van der Waals surface area contributed by atoms with Crippen molar-refractivity contribution in [1.29, 1.82) is 0 Å². The molecule has 0 radical (unpaired) electrons. The molecule has 0 aliphatic carbocycles. The Hall–Kier alpha value is -7.66. The number of phosphoric acid groups is 2. The van der Waals surface area contributed by atoms with E-state index in [9.17, 15) is 43.2 Å². The Bertz CT molecular complexity index is 3150. The molecule has 0 bridgehead atoms. The molecule has 610 valence electrons. The Balaban J connectivity index is 5.66. The van der Waals surface area contributed by atoms with E-state index in [1.165, 1.54) is 0 Å². The first-order valence-electron chi connectivity index (χ1n) is 39.6. The fourth-order valence-electron chi connectivity index (χ4n) is 8.91. The van der Waals surface area contributed by atoms with Gasteiger partial charge in [-0.15, -0.1) is 0 Å². The molecule has 19 heteroatoms. The van der Waals surface area contributed by atoms with Crippen LogP contribution in [-0.2, 0) is 65.4 Å². The van der Waals surface area contributed by atoms with Crippen molar-refractivity contribution in [2.45, 2.75) is 239 Å². The molecule has 0 aromatic rings. The highest BCUT2D eigenvalue weighted by molar-refractivity contribution is 7.47. The van der Waals surface area contributed by atoms with Gasteiger partial charge < -0.3 is 33.8 Å². The van der Waals surface area contributed by atoms with Crippen LogP contribution in [0.4, 0.5) is 0 Å². The number of phosphoric ester groups is 2. The summed E-state index contributed by atoms with van der Waals surface area (Å²) in [6, 6.07) is 0. The summed E-state index contributed by atoms with van der Waals surface area (Å²) in [5, 5.41) is 10.6. The van der Waals surface area contributed by atoms with Gasteiger partial charge in [-0.25, -0.2) is 9.13 Å². The summed E-state index contributed by atoms with van der Waals surface area (Å²) in [4.78, 5) is 72.9. The summed E-state index contributed by atoms with van der Waals surface area (Å²) in [5.41, 5.74) is 0. The second-order valence-corrected chi connectivity index (χ2v) is 27.7. The van der Waals surface area contributed by atoms with Crippen molar-refractivity contribution in [3.05, 3.63) is 267 Å². The van der Waals surface area contributed by atoms with Gasteiger partial charge in [-0.05, 0) is 167 Å². The maximum atomic E-state index is 13.1. The van der Waals surface area contributed by atoms with E-state index in [2.05, 4.69) is 222 Å². The monoisotopic (exact) mass is 1560 g/mol. The summed E-state index contributed by atoms with van der Waals surface area (Å²) in [5.74, 6) is -2.64. The molecule has 0 fully saturated rings. The highest BCUT2D eigenvalue weighted by Gasteiger charge is 2.30. The van der Waals surface area contributed by atoms with Crippen LogP contribution in [0.15, 0.2) is 267 Å². The van der Waals surface area contributed by atoms with Crippen LogP contribution in [0.1, 0.15) is 220 Å². The van der Waals surface area contributed by atoms with Crippen LogP contribution in [-0.4, -0.2) is 96.7 Å². The third-order valence-electron chi connectivity index (χ3n) is 14.7. The van der Waals surface area contributed by atoms with Gasteiger partial charge in [0.15, 0.2) is 12.2 Å². The Morgan fingerprint density at radius 2 is 0.482 bits per heavy atom. The van der Waals surface area contributed by atoms with Crippen molar-refractivity contribution < 1.29 is 80.2 Å². The fourth-order valence-corrected chi connectivity index (χ4v) is 10.5. The van der Waals surface area contributed by atoms with Crippen LogP contribution >= 0.6 is 15.6 Å². The van der Waals surface area contributed by atoms with E-state index in [4.69, 9.17) is 37.0 Å². The number of hydrogen-bond donors (Lipinski definition) is 3. The minimum atomic E-state index is -5.05. The second-order valence-electron chi connectivity index (χ2n) is 24.8. The van der Waals surface area contributed by atoms with Crippen LogP contribution < -0.4 is 0 Å². The van der Waals surface area contributed by atoms with E-state index >= 15 is 0 Å². The molecule has 0 aromatic carbocycles. The zero-order valence-electron chi connectivity index (χ0n) is 66.5. The average Bonchev–Trinajstić information content (AvgIpc) is 0.899. The van der Waals surface area contributed by atoms with Crippen molar-refractivity contribution in [3.8, 4) is 0 Å². The molecule has 0 heterocycles. The predicted octanol–water partition coefficient (Wildman–Crippen LogP) is 23.5. The van der Waals surface area contributed by atoms with Crippen LogP contribution in [0.3, 0.4) is 0 Å². The highest BCUT2D eigenvalue weighted by atomic mass is 31.2. The Kier molecular flexibility index (Phi) is 73.9. The predicted molar refractivity (Wildman–Crippen MR) is 453 cm³/mol. The quantitative estimate of drug-likeness (QED) is 0.0169. The first kappa shape index (κ1) is 102. The van der Waals surface area contributed by atoms with Gasteiger partial charge in [0.05, 0.1) is 32.8 Å². The topological polar surface area (TPSA) is 237 Å². The number of rotatable bonds is 70. The first-order valence-corrected chi connectivity index (χ1v) is 42.6. The summed E-state index contributed by atoms with van der Waals surface area (Å²) in [6.07, 6.45) is 107. The molecular formula is C91H134O17P2. The van der Waals surface area contributed by atoms with Crippen molar-refractivity contribution in [2.24, 2.45) is 0 Å². The number of unbranched alkanes of at least 4 members (excludes halogenated alkanes) is 1. The van der Waals surface area contributed by atoms with Crippen molar-refractivity contribution in [3.63, 3.8) is 0 Å². The molecule has 0 saturated carbocycles. The third kappa shape index (κ3) is 78.5. The van der Waals surface area contributed by atoms with Crippen molar-refractivity contribution >= 4 is 39.5 Å². The van der Waals surface area contributed by atoms with Gasteiger partial charge in [0.25, 0.3) is 0 Å². The lowest BCUT2D eigenvalue weighted by Crippen LogP contribution is -2.30. The maximum Gasteiger partial charge on any atom is 0.472 e. The van der Waals surface area contributed by atoms with E-state index in [1.54, 1.807) is 12.2 Å². The molecule has 110 heavy (non-hydrogen) atoms. The Labute approximate surface area is 661 Å². The number of aliphatic hydroxyl groups excluding tert-OH is 1. The molecule has 0 aromatic heterocycles. The number of aliphatic hydroxyl groups is 1. The van der Waals surface area contributed by atoms with Crippen LogP contribution in [0, 0.1) is 0 Å². The summed E-state index contributed by atoms with van der Waals surface area (Å²) in [6.45, 7) is 3.98. The summed E-state index contributed by atoms with van der Waals surface area (Å²) in [7, 11) is -10.1. The van der Waals surface area contributed by atoms with E-state index in [0.717, 1.165) is 122 Å². The third-order valence-corrected chi connectivity index (χ3v) is 16.6. The molecule has 0 saturated heterocycles. The molecular weight excluding hydrogens is 1430 g/mol. The van der Waals surface area contributed by atoms with Gasteiger partial charge in [-0.2, -0.15) is 0 Å². The van der Waals surface area contributed by atoms with Gasteiger partial charge in [0, 0.05) is 19.3 Å². The molecule has 0 aliphatic heterocycles. The molecule has 5 atom stereocenters. The van der Waals surface area contributed by atoms with E-state index < -0.39 is 97.5 Å². The number of allylic oxidation sites excluding steroid dienone is 43. The summed E-state index contributed by atoms with van der Waals surface area (Å²) < 4.78 is 68.2. The maximum absolute atomic E-state index is 13.1. The van der Waals surface area contributed by atoms with Gasteiger partial charge in [-0.3, -0.25) is 37.3 Å². The fraction of sp³-hybridized carbons (Fsp3) is 0.473. The van der Waals surface area contributed by atoms with Crippen molar-refractivity contribution in [2.75, 3.05) is 39.6 Å². The molecule has 3 N–H and O–H groups in total. The van der Waals surface area contributed by atoms with E-state index in [-0.39, 0.29) is 25.7 Å². The van der Waals surface area contributed by atoms with Gasteiger partial charge in [0.1, 0.15) is 19.3 Å². The summed E-state index contributed by atoms with van der Waals surface area (Å²) >= 11 is 0. The molecule has 0 rings (SSSR count). The number of carbonyl (C=O) groups excluding carboxylic acids is 4. The molecule has 17 nitrogen and oxygen atoms in total. The van der Waals surface area contributed by atoms with E-state index in [0.29, 0.717) is 44.9 Å². The number of hydrogen-bond acceptors (Lipinski definition) is 15. The van der Waals surface area contributed by atoms with Crippen molar-refractivity contribution in [1.82, 2.24) is 0 Å². The van der Waals surface area contributed by atoms with Gasteiger partial charge in [-0.1, -0.05) is 295 Å². The first-order chi connectivity index (χ1) is 53.7. The number of carbonyl (C=O) groups is 4. The lowest BCUT2D eigenvalue weighted by atomic mass is 10.2. The molecule has 0 aliphatic rings. The zero-order chi connectivity index (χ0) is 80.3. The minimum absolute atomic E-state index is 0.000864. The molecule has 5 unspecified atom stereocenters. The van der Waals surface area contributed by atoms with Crippen LogP contribution in [0.25, 0.3) is 0 Å². The Morgan fingerprint density at radius 3 is 0.745 bits per heavy atom. The number of ether oxygens (including phenoxy) is 4. The highest BCUT2D eigenvalue weighted by Crippen LogP contribution is 2.45. The molecule has 0 spiro atoms. The Morgan fingerprint density at radius 1 is 0.264 bits per heavy atom. The standard InChI is InChI=1S/C91H134O17P2/c1-5-9-13-17-21-25-29-33-37-40-42-45-48-51-55-59-63-67-71-75-88(93)101-81-86(107-90(95)77-73-69-65-61-57-53-47-36-32-28-24-20-16-12-8-4)83-105-109(97,98)103-79-85(92)80-104-110(99,100)106-84-87(108-91(96)78-74-70-66-62-58-54-50-44-39-35-31-27-23-19-15-11-7-3)82-102-89(94)76-72-68-64-60-56-52-49-46-43-41-38-34-30-26-22-18-14-10-6-2/h9-16,21-28,33-39,42-43,45-47,50-52,54-57,61-64,66-69,73,85-87,92H,5-8,17-20,29-32,40-41,44,48-49,53,58-60,65,70-72,74-84H2,1-4H3,(H,97,98)(H,99,100)/b13-9-,14-10-,15-11-,16-12-,25-21-,26-22-,27-23-,28-24-,37-33-,38-34-,39-35-,45-42-,46-43-,47-36-,54-50-,55-51-,56-52-,61-57-,66-62-,67-63-,68-64-,73-69-.